The van der Waals surface area contributed by atoms with E-state index in [1.807, 2.05) is 18.2 Å². The number of furan rings is 1. The lowest BCUT2D eigenvalue weighted by atomic mass is 9.99. The van der Waals surface area contributed by atoms with Crippen molar-refractivity contribution in [3.63, 3.8) is 0 Å². The van der Waals surface area contributed by atoms with Crippen LogP contribution in [0.2, 0.25) is 0 Å². The molecule has 3 heterocycles. The third-order valence-corrected chi connectivity index (χ3v) is 4.65. The summed E-state index contributed by atoms with van der Waals surface area (Å²) in [5.41, 5.74) is 0.962. The van der Waals surface area contributed by atoms with Crippen molar-refractivity contribution >= 4 is 11.0 Å². The molecule has 0 aliphatic carbocycles. The van der Waals surface area contributed by atoms with E-state index in [1.54, 1.807) is 0 Å². The van der Waals surface area contributed by atoms with Gasteiger partial charge in [-0.15, -0.1) is 10.2 Å². The van der Waals surface area contributed by atoms with Gasteiger partial charge >= 0.3 is 0 Å². The Hall–Kier alpha value is -2.14. The van der Waals surface area contributed by atoms with Crippen LogP contribution < -0.4 is 5.32 Å². The number of nitrogens with one attached hydrogen (secondary N) is 1. The summed E-state index contributed by atoms with van der Waals surface area (Å²) in [5, 5.41) is 13.3. The molecule has 3 aromatic rings. The summed E-state index contributed by atoms with van der Waals surface area (Å²) in [7, 11) is 0. The van der Waals surface area contributed by atoms with Gasteiger partial charge in [-0.3, -0.25) is 0 Å². The molecule has 5 heteroatoms. The van der Waals surface area contributed by atoms with E-state index < -0.39 is 0 Å². The van der Waals surface area contributed by atoms with Crippen molar-refractivity contribution in [2.75, 3.05) is 6.54 Å². The van der Waals surface area contributed by atoms with Crippen molar-refractivity contribution in [3.8, 4) is 0 Å². The Morgan fingerprint density at radius 3 is 3.09 bits per heavy atom. The second-order valence-electron chi connectivity index (χ2n) is 6.28. The van der Waals surface area contributed by atoms with E-state index in [-0.39, 0.29) is 0 Å². The first kappa shape index (κ1) is 14.5. The SMILES string of the molecule is CCc1nnc2n1CC(CNCc1cc3ccccc3o1)CC2. The Morgan fingerprint density at radius 2 is 2.22 bits per heavy atom. The highest BCUT2D eigenvalue weighted by atomic mass is 16.3. The van der Waals surface area contributed by atoms with Gasteiger partial charge < -0.3 is 14.3 Å². The topological polar surface area (TPSA) is 55.9 Å². The van der Waals surface area contributed by atoms with Crippen LogP contribution in [-0.4, -0.2) is 21.3 Å². The minimum atomic E-state index is 0.633. The van der Waals surface area contributed by atoms with Gasteiger partial charge in [0.05, 0.1) is 6.54 Å². The van der Waals surface area contributed by atoms with Crippen LogP contribution in [0.1, 0.15) is 30.8 Å². The second-order valence-corrected chi connectivity index (χ2v) is 6.28. The van der Waals surface area contributed by atoms with Crippen molar-refractivity contribution < 1.29 is 4.42 Å². The highest BCUT2D eigenvalue weighted by Crippen LogP contribution is 2.21. The normalized spacial score (nSPS) is 17.5. The molecule has 1 aliphatic rings. The van der Waals surface area contributed by atoms with Gasteiger partial charge in [-0.25, -0.2) is 0 Å². The van der Waals surface area contributed by atoms with Crippen LogP contribution in [0.3, 0.4) is 0 Å². The minimum absolute atomic E-state index is 0.633. The number of aryl methyl sites for hydroxylation is 2. The third kappa shape index (κ3) is 2.88. The molecule has 0 radical (unpaired) electrons. The number of benzene rings is 1. The Balaban J connectivity index is 1.35. The third-order valence-electron chi connectivity index (χ3n) is 4.65. The Morgan fingerprint density at radius 1 is 1.30 bits per heavy atom. The van der Waals surface area contributed by atoms with Crippen molar-refractivity contribution in [1.82, 2.24) is 20.1 Å². The Bertz CT molecular complexity index is 758. The molecule has 0 saturated carbocycles. The molecule has 0 saturated heterocycles. The smallest absolute Gasteiger partial charge is 0.134 e. The molecular formula is C18H22N4O. The first-order chi connectivity index (χ1) is 11.3. The van der Waals surface area contributed by atoms with E-state index in [4.69, 9.17) is 4.42 Å². The standard InChI is InChI=1S/C18H22N4O/c1-2-17-20-21-18-8-7-13(12-22(17)18)10-19-11-15-9-14-5-3-4-6-16(14)23-15/h3-6,9,13,19H,2,7-8,10-12H2,1H3. The van der Waals surface area contributed by atoms with Crippen LogP contribution in [0.25, 0.3) is 11.0 Å². The lowest BCUT2D eigenvalue weighted by Crippen LogP contribution is -2.30. The number of rotatable bonds is 5. The molecule has 1 N–H and O–H groups in total. The summed E-state index contributed by atoms with van der Waals surface area (Å²) in [6.07, 6.45) is 3.16. The van der Waals surface area contributed by atoms with Crippen LogP contribution in [-0.2, 0) is 25.9 Å². The molecule has 0 fully saturated rings. The average molecular weight is 310 g/mol. The number of hydrogen-bond acceptors (Lipinski definition) is 4. The summed E-state index contributed by atoms with van der Waals surface area (Å²) in [5.74, 6) is 3.90. The number of aromatic nitrogens is 3. The van der Waals surface area contributed by atoms with Crippen molar-refractivity contribution in [2.45, 2.75) is 39.3 Å². The van der Waals surface area contributed by atoms with Crippen molar-refractivity contribution in [1.29, 1.82) is 0 Å². The quantitative estimate of drug-likeness (QED) is 0.787. The van der Waals surface area contributed by atoms with Crippen LogP contribution in [0, 0.1) is 5.92 Å². The van der Waals surface area contributed by atoms with Gasteiger partial charge in [0.25, 0.3) is 0 Å². The number of nitrogens with zero attached hydrogens (tertiary/aromatic N) is 3. The summed E-state index contributed by atoms with van der Waals surface area (Å²) in [6.45, 7) is 4.94. The molecule has 23 heavy (non-hydrogen) atoms. The fraction of sp³-hybridized carbons (Fsp3) is 0.444. The number of fused-ring (bicyclic) bond motifs is 2. The highest BCUT2D eigenvalue weighted by molar-refractivity contribution is 5.77. The largest absolute Gasteiger partial charge is 0.460 e. The molecule has 5 nitrogen and oxygen atoms in total. The average Bonchev–Trinajstić information content (AvgIpc) is 3.17. The molecule has 1 atom stereocenters. The van der Waals surface area contributed by atoms with Gasteiger partial charge in [-0.2, -0.15) is 0 Å². The maximum Gasteiger partial charge on any atom is 0.134 e. The van der Waals surface area contributed by atoms with E-state index in [2.05, 4.69) is 39.1 Å². The number of para-hydroxylation sites is 1. The van der Waals surface area contributed by atoms with E-state index in [0.717, 1.165) is 55.5 Å². The maximum atomic E-state index is 5.85. The molecule has 1 aliphatic heterocycles. The Labute approximate surface area is 135 Å². The highest BCUT2D eigenvalue weighted by Gasteiger charge is 2.21. The zero-order chi connectivity index (χ0) is 15.6. The van der Waals surface area contributed by atoms with Gasteiger partial charge in [0.15, 0.2) is 0 Å². The fourth-order valence-electron chi connectivity index (χ4n) is 3.40. The first-order valence-corrected chi connectivity index (χ1v) is 8.42. The zero-order valence-corrected chi connectivity index (χ0v) is 13.5. The minimum Gasteiger partial charge on any atom is -0.460 e. The molecule has 4 rings (SSSR count). The van der Waals surface area contributed by atoms with E-state index in [0.29, 0.717) is 5.92 Å². The van der Waals surface area contributed by atoms with E-state index in [9.17, 15) is 0 Å². The molecule has 0 bridgehead atoms. The van der Waals surface area contributed by atoms with E-state index >= 15 is 0 Å². The van der Waals surface area contributed by atoms with Crippen LogP contribution in [0.5, 0.6) is 0 Å². The molecule has 0 spiro atoms. The Kier molecular flexibility index (Phi) is 3.87. The molecule has 1 unspecified atom stereocenters. The summed E-state index contributed by atoms with van der Waals surface area (Å²) in [4.78, 5) is 0. The van der Waals surface area contributed by atoms with Gasteiger partial charge in [0, 0.05) is 31.3 Å². The van der Waals surface area contributed by atoms with Crippen molar-refractivity contribution in [3.05, 3.63) is 47.7 Å². The molecule has 0 amide bonds. The molecule has 2 aromatic heterocycles. The van der Waals surface area contributed by atoms with Crippen LogP contribution >= 0.6 is 0 Å². The second kappa shape index (κ2) is 6.16. The summed E-state index contributed by atoms with van der Waals surface area (Å²) < 4.78 is 8.15. The van der Waals surface area contributed by atoms with Gasteiger partial charge in [-0.05, 0) is 24.5 Å². The van der Waals surface area contributed by atoms with Gasteiger partial charge in [-0.1, -0.05) is 25.1 Å². The monoisotopic (exact) mass is 310 g/mol. The lowest BCUT2D eigenvalue weighted by molar-refractivity contribution is 0.338. The van der Waals surface area contributed by atoms with Gasteiger partial charge in [0.2, 0.25) is 0 Å². The maximum absolute atomic E-state index is 5.85. The summed E-state index contributed by atoms with van der Waals surface area (Å²) >= 11 is 0. The molecule has 120 valence electrons. The first-order valence-electron chi connectivity index (χ1n) is 8.42. The van der Waals surface area contributed by atoms with Crippen molar-refractivity contribution in [2.24, 2.45) is 5.92 Å². The predicted molar refractivity (Wildman–Crippen MR) is 89.1 cm³/mol. The van der Waals surface area contributed by atoms with Gasteiger partial charge in [0.1, 0.15) is 23.0 Å². The van der Waals surface area contributed by atoms with Crippen LogP contribution in [0.4, 0.5) is 0 Å². The fourth-order valence-corrected chi connectivity index (χ4v) is 3.40. The predicted octanol–water partition coefficient (Wildman–Crippen LogP) is 2.94. The lowest BCUT2D eigenvalue weighted by Gasteiger charge is -2.24. The zero-order valence-electron chi connectivity index (χ0n) is 13.5. The molecular weight excluding hydrogens is 288 g/mol. The van der Waals surface area contributed by atoms with E-state index in [1.165, 1.54) is 11.8 Å². The van der Waals surface area contributed by atoms with Crippen LogP contribution in [0.15, 0.2) is 34.7 Å². The number of hydrogen-bond donors (Lipinski definition) is 1. The molecule has 1 aromatic carbocycles. The summed E-state index contributed by atoms with van der Waals surface area (Å²) in [6, 6.07) is 10.3.